The zero-order chi connectivity index (χ0) is 17.1. The molecule has 0 spiro atoms. The molecule has 1 aromatic rings. The fraction of sp³-hybridized carbons (Fsp3) is 0.588. The Morgan fingerprint density at radius 2 is 1.78 bits per heavy atom. The Balaban J connectivity index is 2.60. The van der Waals surface area contributed by atoms with E-state index in [4.69, 9.17) is 14.9 Å². The van der Waals surface area contributed by atoms with Crippen molar-refractivity contribution in [3.05, 3.63) is 24.3 Å². The summed E-state index contributed by atoms with van der Waals surface area (Å²) in [5, 5.41) is 21.0. The molecule has 1 rings (SSSR count). The average molecular weight is 324 g/mol. The normalized spacial score (nSPS) is 11.8. The fourth-order valence-electron chi connectivity index (χ4n) is 2.37. The van der Waals surface area contributed by atoms with Gasteiger partial charge in [0.15, 0.2) is 0 Å². The van der Waals surface area contributed by atoms with Gasteiger partial charge in [0.05, 0.1) is 13.2 Å². The van der Waals surface area contributed by atoms with Gasteiger partial charge in [-0.1, -0.05) is 20.3 Å². The monoisotopic (exact) mass is 324 g/mol. The number of carbonyl (C=O) groups excluding carboxylic acids is 1. The van der Waals surface area contributed by atoms with Crippen LogP contribution in [0.15, 0.2) is 24.3 Å². The van der Waals surface area contributed by atoms with Gasteiger partial charge in [0.1, 0.15) is 5.75 Å². The van der Waals surface area contributed by atoms with Gasteiger partial charge in [0.25, 0.3) is 0 Å². The topological polar surface area (TPSA) is 82.0 Å². The fourth-order valence-corrected chi connectivity index (χ4v) is 2.37. The Kier molecular flexibility index (Phi) is 9.09. The maximum Gasteiger partial charge on any atom is 0.412 e. The Bertz CT molecular complexity index is 444. The van der Waals surface area contributed by atoms with Crippen LogP contribution in [0.1, 0.15) is 33.1 Å². The molecule has 0 radical (unpaired) electrons. The number of amides is 1. The molecule has 0 saturated carbocycles. The van der Waals surface area contributed by atoms with Crippen molar-refractivity contribution >= 4 is 11.8 Å². The summed E-state index contributed by atoms with van der Waals surface area (Å²) in [6.45, 7) is 5.02. The summed E-state index contributed by atoms with van der Waals surface area (Å²) in [4.78, 5) is 13.7. The molecule has 0 aliphatic carbocycles. The molecule has 0 aliphatic rings. The van der Waals surface area contributed by atoms with Crippen LogP contribution >= 0.6 is 0 Å². The van der Waals surface area contributed by atoms with E-state index in [1.54, 1.807) is 24.3 Å². The second kappa shape index (κ2) is 10.9. The molecular weight excluding hydrogens is 296 g/mol. The van der Waals surface area contributed by atoms with Crippen LogP contribution in [-0.4, -0.2) is 48.7 Å². The van der Waals surface area contributed by atoms with E-state index in [-0.39, 0.29) is 19.3 Å². The Morgan fingerprint density at radius 1 is 1.17 bits per heavy atom. The number of hydrogen-bond acceptors (Lipinski definition) is 5. The standard InChI is InChI=1S/C17H28N2O4/c1-3-5-14(4-2)18-17(22)23-16-8-6-15(7-9-16)19(10-12-20)11-13-21/h6-9,14,20-21H,3-5,10-13H2,1-2H3,(H,18,22). The smallest absolute Gasteiger partial charge is 0.410 e. The van der Waals surface area contributed by atoms with Gasteiger partial charge >= 0.3 is 6.09 Å². The van der Waals surface area contributed by atoms with Crippen LogP contribution in [0.2, 0.25) is 0 Å². The highest BCUT2D eigenvalue weighted by Crippen LogP contribution is 2.19. The molecule has 130 valence electrons. The lowest BCUT2D eigenvalue weighted by molar-refractivity contribution is 0.194. The summed E-state index contributed by atoms with van der Waals surface area (Å²) in [5.74, 6) is 0.463. The number of benzene rings is 1. The van der Waals surface area contributed by atoms with Crippen molar-refractivity contribution in [2.75, 3.05) is 31.2 Å². The summed E-state index contributed by atoms with van der Waals surface area (Å²) in [6.07, 6.45) is 2.38. The number of anilines is 1. The van der Waals surface area contributed by atoms with E-state index in [1.165, 1.54) is 0 Å². The first-order valence-corrected chi connectivity index (χ1v) is 8.19. The number of rotatable bonds is 10. The minimum absolute atomic E-state index is 0.0104. The lowest BCUT2D eigenvalue weighted by Crippen LogP contribution is -2.36. The van der Waals surface area contributed by atoms with Gasteiger partial charge in [-0.2, -0.15) is 0 Å². The third-order valence-corrected chi connectivity index (χ3v) is 3.60. The van der Waals surface area contributed by atoms with Crippen molar-refractivity contribution in [2.45, 2.75) is 39.2 Å². The Hall–Kier alpha value is -1.79. The van der Waals surface area contributed by atoms with Gasteiger partial charge in [-0.3, -0.25) is 0 Å². The number of nitrogens with one attached hydrogen (secondary N) is 1. The van der Waals surface area contributed by atoms with Gasteiger partial charge in [0, 0.05) is 24.8 Å². The molecule has 0 saturated heterocycles. The van der Waals surface area contributed by atoms with Gasteiger partial charge in [-0.25, -0.2) is 4.79 Å². The summed E-state index contributed by atoms with van der Waals surface area (Å²) in [5.41, 5.74) is 0.860. The summed E-state index contributed by atoms with van der Waals surface area (Å²) >= 11 is 0. The van der Waals surface area contributed by atoms with E-state index in [2.05, 4.69) is 12.2 Å². The molecule has 1 atom stereocenters. The molecule has 0 heterocycles. The summed E-state index contributed by atoms with van der Waals surface area (Å²) in [7, 11) is 0. The zero-order valence-electron chi connectivity index (χ0n) is 14.0. The van der Waals surface area contributed by atoms with Gasteiger partial charge in [-0.05, 0) is 37.1 Å². The largest absolute Gasteiger partial charge is 0.412 e. The minimum Gasteiger partial charge on any atom is -0.410 e. The van der Waals surface area contributed by atoms with E-state index < -0.39 is 6.09 Å². The van der Waals surface area contributed by atoms with Crippen LogP contribution in [0.3, 0.4) is 0 Å². The third-order valence-electron chi connectivity index (χ3n) is 3.60. The van der Waals surface area contributed by atoms with E-state index in [0.717, 1.165) is 24.9 Å². The minimum atomic E-state index is -0.444. The number of ether oxygens (including phenoxy) is 1. The van der Waals surface area contributed by atoms with Crippen LogP contribution in [0.25, 0.3) is 0 Å². The van der Waals surface area contributed by atoms with Crippen LogP contribution in [-0.2, 0) is 0 Å². The van der Waals surface area contributed by atoms with Crippen LogP contribution in [0, 0.1) is 0 Å². The van der Waals surface area contributed by atoms with Crippen LogP contribution in [0.5, 0.6) is 5.75 Å². The number of hydrogen-bond donors (Lipinski definition) is 3. The van der Waals surface area contributed by atoms with Crippen molar-refractivity contribution in [3.63, 3.8) is 0 Å². The first-order chi connectivity index (χ1) is 11.1. The summed E-state index contributed by atoms with van der Waals surface area (Å²) in [6, 6.07) is 7.15. The lowest BCUT2D eigenvalue weighted by Gasteiger charge is -2.23. The quantitative estimate of drug-likeness (QED) is 0.614. The van der Waals surface area contributed by atoms with Crippen LogP contribution in [0.4, 0.5) is 10.5 Å². The van der Waals surface area contributed by atoms with Crippen LogP contribution < -0.4 is 15.0 Å². The highest BCUT2D eigenvalue weighted by atomic mass is 16.6. The molecule has 0 bridgehead atoms. The van der Waals surface area contributed by atoms with Gasteiger partial charge in [0.2, 0.25) is 0 Å². The highest BCUT2D eigenvalue weighted by Gasteiger charge is 2.12. The van der Waals surface area contributed by atoms with E-state index in [1.807, 2.05) is 11.8 Å². The van der Waals surface area contributed by atoms with E-state index in [0.29, 0.717) is 18.8 Å². The molecular formula is C17H28N2O4. The van der Waals surface area contributed by atoms with E-state index in [9.17, 15) is 4.79 Å². The average Bonchev–Trinajstić information content (AvgIpc) is 2.55. The van der Waals surface area contributed by atoms with Crippen molar-refractivity contribution in [2.24, 2.45) is 0 Å². The molecule has 3 N–H and O–H groups in total. The molecule has 1 amide bonds. The molecule has 0 aliphatic heterocycles. The molecule has 0 aromatic heterocycles. The molecule has 0 fully saturated rings. The number of nitrogens with zero attached hydrogens (tertiary/aromatic N) is 1. The predicted molar refractivity (Wildman–Crippen MR) is 91.0 cm³/mol. The van der Waals surface area contributed by atoms with Crippen molar-refractivity contribution in [3.8, 4) is 5.75 Å². The molecule has 1 unspecified atom stereocenters. The first kappa shape index (κ1) is 19.3. The Labute approximate surface area is 138 Å². The van der Waals surface area contributed by atoms with Crippen molar-refractivity contribution < 1.29 is 19.7 Å². The zero-order valence-corrected chi connectivity index (χ0v) is 14.0. The maximum atomic E-state index is 11.9. The lowest BCUT2D eigenvalue weighted by atomic mass is 10.1. The number of aliphatic hydroxyl groups excluding tert-OH is 2. The highest BCUT2D eigenvalue weighted by molar-refractivity contribution is 5.71. The molecule has 1 aromatic carbocycles. The van der Waals surface area contributed by atoms with Gasteiger partial charge < -0.3 is 25.2 Å². The Morgan fingerprint density at radius 3 is 2.26 bits per heavy atom. The second-order valence-corrected chi connectivity index (χ2v) is 5.36. The maximum absolute atomic E-state index is 11.9. The van der Waals surface area contributed by atoms with Crippen molar-refractivity contribution in [1.29, 1.82) is 0 Å². The third kappa shape index (κ3) is 6.88. The second-order valence-electron chi connectivity index (χ2n) is 5.36. The number of aliphatic hydroxyl groups is 2. The summed E-state index contributed by atoms with van der Waals surface area (Å²) < 4.78 is 5.28. The molecule has 6 heteroatoms. The predicted octanol–water partition coefficient (Wildman–Crippen LogP) is 2.14. The van der Waals surface area contributed by atoms with Crippen molar-refractivity contribution in [1.82, 2.24) is 5.32 Å². The number of carbonyl (C=O) groups is 1. The molecule has 23 heavy (non-hydrogen) atoms. The molecule has 6 nitrogen and oxygen atoms in total. The van der Waals surface area contributed by atoms with E-state index >= 15 is 0 Å². The van der Waals surface area contributed by atoms with Gasteiger partial charge in [-0.15, -0.1) is 0 Å². The SMILES string of the molecule is CCCC(CC)NC(=O)Oc1ccc(N(CCO)CCO)cc1. The first-order valence-electron chi connectivity index (χ1n) is 8.19.